The predicted octanol–water partition coefficient (Wildman–Crippen LogP) is 3.19. The lowest BCUT2D eigenvalue weighted by atomic mass is 10.2. The van der Waals surface area contributed by atoms with Gasteiger partial charge in [-0.15, -0.1) is 0 Å². The van der Waals surface area contributed by atoms with Crippen molar-refractivity contribution in [2.24, 2.45) is 0 Å². The van der Waals surface area contributed by atoms with E-state index in [9.17, 15) is 0 Å². The number of benzene rings is 1. The number of furan rings is 1. The molecular formula is C13H18O2Si. The molecule has 0 atom stereocenters. The SMILES string of the molecule is CCO[Si](C)(C)c1cc2cc(C)ccc2o1. The summed E-state index contributed by atoms with van der Waals surface area (Å²) >= 11 is 0. The summed E-state index contributed by atoms with van der Waals surface area (Å²) in [6.45, 7) is 9.20. The van der Waals surface area contributed by atoms with Gasteiger partial charge in [0.2, 0.25) is 0 Å². The van der Waals surface area contributed by atoms with Gasteiger partial charge in [-0.05, 0) is 45.1 Å². The first kappa shape index (κ1) is 11.4. The normalized spacial score (nSPS) is 12.2. The molecule has 2 nitrogen and oxygen atoms in total. The van der Waals surface area contributed by atoms with Crippen LogP contribution in [0.4, 0.5) is 0 Å². The van der Waals surface area contributed by atoms with Crippen molar-refractivity contribution >= 4 is 24.7 Å². The molecule has 0 radical (unpaired) electrons. The van der Waals surface area contributed by atoms with Gasteiger partial charge in [-0.1, -0.05) is 11.6 Å². The summed E-state index contributed by atoms with van der Waals surface area (Å²) in [4.78, 5) is 0. The maximum atomic E-state index is 5.88. The van der Waals surface area contributed by atoms with Gasteiger partial charge in [0.05, 0.1) is 0 Å². The number of rotatable bonds is 3. The van der Waals surface area contributed by atoms with Crippen LogP contribution in [0.3, 0.4) is 0 Å². The summed E-state index contributed by atoms with van der Waals surface area (Å²) in [6, 6.07) is 8.39. The number of hydrogen-bond donors (Lipinski definition) is 0. The van der Waals surface area contributed by atoms with Crippen molar-refractivity contribution in [1.29, 1.82) is 0 Å². The topological polar surface area (TPSA) is 22.4 Å². The van der Waals surface area contributed by atoms with Crippen molar-refractivity contribution in [2.45, 2.75) is 26.9 Å². The van der Waals surface area contributed by atoms with Crippen LogP contribution in [-0.4, -0.2) is 14.9 Å². The highest BCUT2D eigenvalue weighted by Crippen LogP contribution is 2.18. The Bertz CT molecular complexity index is 500. The highest BCUT2D eigenvalue weighted by molar-refractivity contribution is 6.83. The average Bonchev–Trinajstić information content (AvgIpc) is 2.61. The molecule has 0 spiro atoms. The van der Waals surface area contributed by atoms with E-state index in [1.807, 2.05) is 13.0 Å². The zero-order valence-electron chi connectivity index (χ0n) is 10.3. The van der Waals surface area contributed by atoms with Crippen LogP contribution in [-0.2, 0) is 4.43 Å². The third kappa shape index (κ3) is 2.06. The van der Waals surface area contributed by atoms with Gasteiger partial charge in [-0.2, -0.15) is 0 Å². The third-order valence-corrected chi connectivity index (χ3v) is 5.21. The van der Waals surface area contributed by atoms with Crippen LogP contribution in [0, 0.1) is 6.92 Å². The third-order valence-electron chi connectivity index (χ3n) is 2.77. The van der Waals surface area contributed by atoms with Gasteiger partial charge < -0.3 is 8.84 Å². The van der Waals surface area contributed by atoms with Gasteiger partial charge in [0.25, 0.3) is 8.32 Å². The zero-order chi connectivity index (χ0) is 11.8. The molecule has 0 aliphatic rings. The average molecular weight is 234 g/mol. The van der Waals surface area contributed by atoms with Crippen LogP contribution in [0.5, 0.6) is 0 Å². The van der Waals surface area contributed by atoms with Crippen molar-refractivity contribution in [2.75, 3.05) is 6.61 Å². The Kier molecular flexibility index (Phi) is 2.91. The van der Waals surface area contributed by atoms with E-state index in [1.54, 1.807) is 0 Å². The molecule has 1 aromatic carbocycles. The zero-order valence-corrected chi connectivity index (χ0v) is 11.3. The molecule has 86 valence electrons. The van der Waals surface area contributed by atoms with Crippen molar-refractivity contribution < 1.29 is 8.84 Å². The van der Waals surface area contributed by atoms with Crippen molar-refractivity contribution in [3.8, 4) is 0 Å². The van der Waals surface area contributed by atoms with E-state index in [4.69, 9.17) is 8.84 Å². The summed E-state index contributed by atoms with van der Waals surface area (Å²) in [5.41, 5.74) is 2.22. The van der Waals surface area contributed by atoms with Crippen LogP contribution < -0.4 is 5.38 Å². The lowest BCUT2D eigenvalue weighted by Gasteiger charge is -2.18. The molecule has 2 aromatic rings. The molecule has 1 aromatic heterocycles. The molecule has 1 heterocycles. The summed E-state index contributed by atoms with van der Waals surface area (Å²) < 4.78 is 11.7. The largest absolute Gasteiger partial charge is 0.463 e. The minimum Gasteiger partial charge on any atom is -0.463 e. The molecule has 0 aliphatic carbocycles. The molecule has 3 heteroatoms. The van der Waals surface area contributed by atoms with E-state index in [-0.39, 0.29) is 0 Å². The fraction of sp³-hybridized carbons (Fsp3) is 0.385. The highest BCUT2D eigenvalue weighted by atomic mass is 28.4. The van der Waals surface area contributed by atoms with Crippen molar-refractivity contribution in [3.63, 3.8) is 0 Å². The maximum Gasteiger partial charge on any atom is 0.257 e. The second kappa shape index (κ2) is 4.07. The van der Waals surface area contributed by atoms with Gasteiger partial charge in [-0.25, -0.2) is 0 Å². The van der Waals surface area contributed by atoms with Crippen LogP contribution in [0.25, 0.3) is 11.0 Å². The Hall–Kier alpha value is -1.06. The van der Waals surface area contributed by atoms with Crippen LogP contribution in [0.1, 0.15) is 12.5 Å². The molecule has 0 fully saturated rings. The summed E-state index contributed by atoms with van der Waals surface area (Å²) in [7, 11) is -1.85. The van der Waals surface area contributed by atoms with E-state index < -0.39 is 8.32 Å². The van der Waals surface area contributed by atoms with E-state index >= 15 is 0 Å². The van der Waals surface area contributed by atoms with E-state index in [0.717, 1.165) is 17.6 Å². The molecule has 0 N–H and O–H groups in total. The van der Waals surface area contributed by atoms with E-state index in [0.29, 0.717) is 0 Å². The van der Waals surface area contributed by atoms with Crippen LogP contribution in [0.15, 0.2) is 28.7 Å². The van der Waals surface area contributed by atoms with E-state index in [2.05, 4.69) is 38.2 Å². The summed E-state index contributed by atoms with van der Waals surface area (Å²) in [5, 5.41) is 2.20. The number of fused-ring (bicyclic) bond motifs is 1. The number of aryl methyl sites for hydroxylation is 1. The molecule has 0 unspecified atom stereocenters. The van der Waals surface area contributed by atoms with Crippen molar-refractivity contribution in [3.05, 3.63) is 29.8 Å². The Labute approximate surface area is 97.3 Å². The second-order valence-corrected chi connectivity index (χ2v) is 8.40. The standard InChI is InChI=1S/C13H18O2Si/c1-5-14-16(3,4)13-9-11-8-10(2)6-7-12(11)15-13/h6-9H,5H2,1-4H3. The van der Waals surface area contributed by atoms with Crippen LogP contribution >= 0.6 is 0 Å². The lowest BCUT2D eigenvalue weighted by Crippen LogP contribution is -2.43. The molecule has 0 saturated carbocycles. The van der Waals surface area contributed by atoms with Gasteiger partial charge in [0.15, 0.2) is 0 Å². The van der Waals surface area contributed by atoms with Gasteiger partial charge in [0, 0.05) is 12.0 Å². The fourth-order valence-corrected chi connectivity index (χ4v) is 3.61. The highest BCUT2D eigenvalue weighted by Gasteiger charge is 2.29. The van der Waals surface area contributed by atoms with Gasteiger partial charge >= 0.3 is 0 Å². The second-order valence-electron chi connectivity index (χ2n) is 4.60. The first-order valence-electron chi connectivity index (χ1n) is 5.67. The Morgan fingerprint density at radius 3 is 2.69 bits per heavy atom. The molecule has 0 bridgehead atoms. The molecule has 0 amide bonds. The first-order chi connectivity index (χ1) is 7.53. The van der Waals surface area contributed by atoms with Crippen molar-refractivity contribution in [1.82, 2.24) is 0 Å². The van der Waals surface area contributed by atoms with E-state index in [1.165, 1.54) is 10.9 Å². The fourth-order valence-electron chi connectivity index (χ4n) is 1.89. The van der Waals surface area contributed by atoms with Gasteiger partial charge in [-0.3, -0.25) is 0 Å². The molecule has 0 saturated heterocycles. The van der Waals surface area contributed by atoms with Crippen LogP contribution in [0.2, 0.25) is 13.1 Å². The predicted molar refractivity (Wildman–Crippen MR) is 69.7 cm³/mol. The Morgan fingerprint density at radius 1 is 1.25 bits per heavy atom. The molecule has 0 aliphatic heterocycles. The Morgan fingerprint density at radius 2 is 2.00 bits per heavy atom. The molecular weight excluding hydrogens is 216 g/mol. The molecule has 2 rings (SSSR count). The number of hydrogen-bond acceptors (Lipinski definition) is 2. The monoisotopic (exact) mass is 234 g/mol. The summed E-state index contributed by atoms with van der Waals surface area (Å²) in [5.74, 6) is 0. The summed E-state index contributed by atoms with van der Waals surface area (Å²) in [6.07, 6.45) is 0. The van der Waals surface area contributed by atoms with Gasteiger partial charge in [0.1, 0.15) is 11.0 Å². The molecule has 16 heavy (non-hydrogen) atoms. The minimum absolute atomic E-state index is 0.745. The smallest absolute Gasteiger partial charge is 0.257 e. The first-order valence-corrected chi connectivity index (χ1v) is 8.58. The quantitative estimate of drug-likeness (QED) is 0.761. The minimum atomic E-state index is -1.85. The maximum absolute atomic E-state index is 5.88. The lowest BCUT2D eigenvalue weighted by molar-refractivity contribution is 0.334. The Balaban J connectivity index is 2.46.